The fourth-order valence-corrected chi connectivity index (χ4v) is 3.07. The summed E-state index contributed by atoms with van der Waals surface area (Å²) in [6, 6.07) is 0.719. The van der Waals surface area contributed by atoms with E-state index >= 15 is 0 Å². The standard InChI is InChI=1S/C15H32N2/c1-5-13(3)11-17(4)12-15(16-6-2)14-9-7-8-10-14/h13-16H,5-12H2,1-4H3. The van der Waals surface area contributed by atoms with Crippen LogP contribution >= 0.6 is 0 Å². The van der Waals surface area contributed by atoms with Crippen molar-refractivity contribution in [1.29, 1.82) is 0 Å². The summed E-state index contributed by atoms with van der Waals surface area (Å²) in [4.78, 5) is 2.53. The van der Waals surface area contributed by atoms with Gasteiger partial charge in [0.25, 0.3) is 0 Å². The average Bonchev–Trinajstić information content (AvgIpc) is 2.81. The molecule has 0 heterocycles. The molecule has 0 amide bonds. The van der Waals surface area contributed by atoms with E-state index in [1.165, 1.54) is 45.2 Å². The Balaban J connectivity index is 2.36. The molecule has 0 aromatic carbocycles. The summed E-state index contributed by atoms with van der Waals surface area (Å²) in [7, 11) is 2.28. The Morgan fingerprint density at radius 3 is 2.35 bits per heavy atom. The van der Waals surface area contributed by atoms with E-state index in [4.69, 9.17) is 0 Å². The Morgan fingerprint density at radius 1 is 1.18 bits per heavy atom. The van der Waals surface area contributed by atoms with Crippen LogP contribution in [0.4, 0.5) is 0 Å². The molecular weight excluding hydrogens is 208 g/mol. The van der Waals surface area contributed by atoms with E-state index in [1.54, 1.807) is 0 Å². The van der Waals surface area contributed by atoms with Crippen molar-refractivity contribution in [2.75, 3.05) is 26.7 Å². The van der Waals surface area contributed by atoms with Crippen LogP contribution in [0.2, 0.25) is 0 Å². The minimum absolute atomic E-state index is 0.719. The summed E-state index contributed by atoms with van der Waals surface area (Å²) in [5.41, 5.74) is 0. The molecule has 1 N–H and O–H groups in total. The molecule has 0 aromatic rings. The van der Waals surface area contributed by atoms with Crippen LogP contribution in [0.1, 0.15) is 52.9 Å². The van der Waals surface area contributed by atoms with Gasteiger partial charge < -0.3 is 10.2 Å². The molecule has 0 saturated heterocycles. The molecule has 0 spiro atoms. The van der Waals surface area contributed by atoms with Crippen LogP contribution in [0.3, 0.4) is 0 Å². The molecule has 17 heavy (non-hydrogen) atoms. The van der Waals surface area contributed by atoms with Crippen LogP contribution < -0.4 is 5.32 Å². The Morgan fingerprint density at radius 2 is 1.82 bits per heavy atom. The first-order valence-corrected chi connectivity index (χ1v) is 7.59. The van der Waals surface area contributed by atoms with Gasteiger partial charge in [0.1, 0.15) is 0 Å². The normalized spacial score (nSPS) is 21.0. The summed E-state index contributed by atoms with van der Waals surface area (Å²) in [6.45, 7) is 10.5. The van der Waals surface area contributed by atoms with E-state index in [0.29, 0.717) is 0 Å². The first kappa shape index (κ1) is 15.0. The zero-order valence-corrected chi connectivity index (χ0v) is 12.3. The van der Waals surface area contributed by atoms with Crippen LogP contribution in [0.25, 0.3) is 0 Å². The van der Waals surface area contributed by atoms with E-state index in [9.17, 15) is 0 Å². The third kappa shape index (κ3) is 5.39. The van der Waals surface area contributed by atoms with Crippen LogP contribution in [-0.4, -0.2) is 37.6 Å². The van der Waals surface area contributed by atoms with E-state index < -0.39 is 0 Å². The number of nitrogens with one attached hydrogen (secondary N) is 1. The molecule has 0 aliphatic heterocycles. The summed E-state index contributed by atoms with van der Waals surface area (Å²) in [5, 5.41) is 3.71. The predicted molar refractivity (Wildman–Crippen MR) is 76.4 cm³/mol. The highest BCUT2D eigenvalue weighted by molar-refractivity contribution is 4.82. The largest absolute Gasteiger partial charge is 0.313 e. The van der Waals surface area contributed by atoms with Crippen molar-refractivity contribution in [3.63, 3.8) is 0 Å². The van der Waals surface area contributed by atoms with Crippen molar-refractivity contribution in [1.82, 2.24) is 10.2 Å². The molecule has 1 fully saturated rings. The lowest BCUT2D eigenvalue weighted by molar-refractivity contribution is 0.219. The van der Waals surface area contributed by atoms with Gasteiger partial charge in [-0.25, -0.2) is 0 Å². The van der Waals surface area contributed by atoms with Gasteiger partial charge in [-0.15, -0.1) is 0 Å². The first-order valence-electron chi connectivity index (χ1n) is 7.59. The Bertz CT molecular complexity index is 187. The van der Waals surface area contributed by atoms with Gasteiger partial charge in [-0.2, -0.15) is 0 Å². The number of hydrogen-bond donors (Lipinski definition) is 1. The first-order chi connectivity index (χ1) is 8.17. The summed E-state index contributed by atoms with van der Waals surface area (Å²) >= 11 is 0. The molecule has 2 nitrogen and oxygen atoms in total. The average molecular weight is 240 g/mol. The quantitative estimate of drug-likeness (QED) is 0.701. The second-order valence-electron chi connectivity index (χ2n) is 5.94. The predicted octanol–water partition coefficient (Wildman–Crippen LogP) is 3.13. The molecule has 2 heteroatoms. The second-order valence-corrected chi connectivity index (χ2v) is 5.94. The van der Waals surface area contributed by atoms with Crippen molar-refractivity contribution in [2.45, 2.75) is 58.9 Å². The van der Waals surface area contributed by atoms with Gasteiger partial charge in [0.05, 0.1) is 0 Å². The highest BCUT2D eigenvalue weighted by Gasteiger charge is 2.25. The van der Waals surface area contributed by atoms with Gasteiger partial charge in [-0.1, -0.05) is 40.0 Å². The van der Waals surface area contributed by atoms with E-state index in [1.807, 2.05) is 0 Å². The Kier molecular flexibility index (Phi) is 7.14. The fourth-order valence-electron chi connectivity index (χ4n) is 3.07. The zero-order chi connectivity index (χ0) is 12.7. The molecule has 102 valence electrons. The number of rotatable bonds is 8. The molecular formula is C15H32N2. The minimum Gasteiger partial charge on any atom is -0.313 e. The lowest BCUT2D eigenvalue weighted by Crippen LogP contribution is -2.44. The van der Waals surface area contributed by atoms with Gasteiger partial charge in [-0.3, -0.25) is 0 Å². The number of hydrogen-bond acceptors (Lipinski definition) is 2. The maximum absolute atomic E-state index is 3.71. The summed E-state index contributed by atoms with van der Waals surface area (Å²) in [5.74, 6) is 1.75. The number of likely N-dealkylation sites (N-methyl/N-ethyl adjacent to an activating group) is 2. The van der Waals surface area contributed by atoms with E-state index in [0.717, 1.165) is 24.4 Å². The minimum atomic E-state index is 0.719. The molecule has 1 aliphatic rings. The smallest absolute Gasteiger partial charge is 0.0222 e. The van der Waals surface area contributed by atoms with Crippen molar-refractivity contribution in [2.24, 2.45) is 11.8 Å². The van der Waals surface area contributed by atoms with Crippen LogP contribution in [-0.2, 0) is 0 Å². The van der Waals surface area contributed by atoms with Crippen molar-refractivity contribution in [3.8, 4) is 0 Å². The summed E-state index contributed by atoms with van der Waals surface area (Å²) in [6.07, 6.45) is 7.06. The topological polar surface area (TPSA) is 15.3 Å². The van der Waals surface area contributed by atoms with Gasteiger partial charge >= 0.3 is 0 Å². The maximum atomic E-state index is 3.71. The van der Waals surface area contributed by atoms with Gasteiger partial charge in [-0.05, 0) is 38.3 Å². The Hall–Kier alpha value is -0.0800. The highest BCUT2D eigenvalue weighted by atomic mass is 15.1. The third-order valence-electron chi connectivity index (χ3n) is 4.26. The molecule has 0 aromatic heterocycles. The molecule has 0 radical (unpaired) electrons. The van der Waals surface area contributed by atoms with E-state index in [2.05, 4.69) is 38.0 Å². The monoisotopic (exact) mass is 240 g/mol. The van der Waals surface area contributed by atoms with Gasteiger partial charge in [0.15, 0.2) is 0 Å². The SMILES string of the molecule is CCNC(CN(C)CC(C)CC)C1CCCC1. The van der Waals surface area contributed by atoms with Gasteiger partial charge in [0.2, 0.25) is 0 Å². The summed E-state index contributed by atoms with van der Waals surface area (Å²) < 4.78 is 0. The van der Waals surface area contributed by atoms with Crippen LogP contribution in [0.15, 0.2) is 0 Å². The third-order valence-corrected chi connectivity index (χ3v) is 4.26. The lowest BCUT2D eigenvalue weighted by atomic mass is 9.97. The lowest BCUT2D eigenvalue weighted by Gasteiger charge is -2.30. The van der Waals surface area contributed by atoms with Crippen molar-refractivity contribution in [3.05, 3.63) is 0 Å². The second kappa shape index (κ2) is 8.10. The molecule has 2 unspecified atom stereocenters. The molecule has 1 rings (SSSR count). The maximum Gasteiger partial charge on any atom is 0.0222 e. The van der Waals surface area contributed by atoms with Crippen molar-refractivity contribution < 1.29 is 0 Å². The van der Waals surface area contributed by atoms with Crippen molar-refractivity contribution >= 4 is 0 Å². The molecule has 0 bridgehead atoms. The fraction of sp³-hybridized carbons (Fsp3) is 1.00. The highest BCUT2D eigenvalue weighted by Crippen LogP contribution is 2.28. The molecule has 1 aliphatic carbocycles. The Labute approximate surface area is 108 Å². The molecule has 2 atom stereocenters. The molecule has 1 saturated carbocycles. The van der Waals surface area contributed by atoms with Crippen LogP contribution in [0.5, 0.6) is 0 Å². The van der Waals surface area contributed by atoms with Gasteiger partial charge in [0, 0.05) is 19.1 Å². The zero-order valence-electron chi connectivity index (χ0n) is 12.3. The van der Waals surface area contributed by atoms with E-state index in [-0.39, 0.29) is 0 Å². The number of nitrogens with zero attached hydrogens (tertiary/aromatic N) is 1. The van der Waals surface area contributed by atoms with Crippen LogP contribution in [0, 0.1) is 11.8 Å².